The van der Waals surface area contributed by atoms with Gasteiger partial charge in [-0.3, -0.25) is 4.68 Å². The number of nitrogens with one attached hydrogen (secondary N) is 2. The van der Waals surface area contributed by atoms with Crippen LogP contribution in [-0.4, -0.2) is 29.0 Å². The number of amides is 2. The van der Waals surface area contributed by atoms with Crippen LogP contribution < -0.4 is 10.6 Å². The molecule has 1 aliphatic carbocycles. The van der Waals surface area contributed by atoms with Crippen LogP contribution in [0.15, 0.2) is 36.7 Å². The molecule has 128 valence electrons. The summed E-state index contributed by atoms with van der Waals surface area (Å²) in [5.74, 6) is 0. The lowest BCUT2D eigenvalue weighted by molar-refractivity contribution is 0.0397. The third-order valence-corrected chi connectivity index (χ3v) is 4.20. The van der Waals surface area contributed by atoms with Crippen molar-refractivity contribution in [3.05, 3.63) is 47.8 Å². The van der Waals surface area contributed by atoms with Gasteiger partial charge in [-0.2, -0.15) is 5.10 Å². The Bertz CT molecular complexity index is 683. The van der Waals surface area contributed by atoms with E-state index in [1.807, 2.05) is 7.05 Å². The number of benzene rings is 1. The van der Waals surface area contributed by atoms with Gasteiger partial charge in [-0.25, -0.2) is 4.79 Å². The fraction of sp³-hybridized carbons (Fsp3) is 0.444. The molecular formula is C18H24N4O2. The molecule has 0 spiro atoms. The number of hydrogen-bond donors (Lipinski definition) is 2. The number of carbonyl (C=O) groups excluding carboxylic acids is 1. The van der Waals surface area contributed by atoms with Gasteiger partial charge >= 0.3 is 6.03 Å². The van der Waals surface area contributed by atoms with E-state index in [-0.39, 0.29) is 12.1 Å². The maximum absolute atomic E-state index is 11.8. The van der Waals surface area contributed by atoms with Crippen molar-refractivity contribution in [3.63, 3.8) is 0 Å². The molecule has 3 rings (SSSR count). The van der Waals surface area contributed by atoms with Gasteiger partial charge in [-0.15, -0.1) is 0 Å². The van der Waals surface area contributed by atoms with Crippen LogP contribution >= 0.6 is 0 Å². The second-order valence-electron chi connectivity index (χ2n) is 6.09. The molecule has 0 bridgehead atoms. The van der Waals surface area contributed by atoms with Gasteiger partial charge in [-0.1, -0.05) is 24.3 Å². The van der Waals surface area contributed by atoms with Gasteiger partial charge in [0.2, 0.25) is 0 Å². The molecule has 1 heterocycles. The van der Waals surface area contributed by atoms with Crippen molar-refractivity contribution in [2.45, 2.75) is 31.8 Å². The minimum Gasteiger partial charge on any atom is -0.373 e. The average Bonchev–Trinajstić information content (AvgIpc) is 2.99. The van der Waals surface area contributed by atoms with Gasteiger partial charge in [-0.05, 0) is 36.8 Å². The van der Waals surface area contributed by atoms with E-state index in [4.69, 9.17) is 4.74 Å². The van der Waals surface area contributed by atoms with Crippen LogP contribution in [0.25, 0.3) is 0 Å². The molecule has 1 aliphatic rings. The number of fused-ring (bicyclic) bond motifs is 1. The van der Waals surface area contributed by atoms with Crippen LogP contribution in [0.5, 0.6) is 0 Å². The minimum atomic E-state index is -0.217. The predicted octanol–water partition coefficient (Wildman–Crippen LogP) is 3.03. The zero-order valence-corrected chi connectivity index (χ0v) is 14.0. The monoisotopic (exact) mass is 328 g/mol. The second-order valence-corrected chi connectivity index (χ2v) is 6.09. The number of aromatic nitrogens is 2. The lowest BCUT2D eigenvalue weighted by Gasteiger charge is -2.25. The highest BCUT2D eigenvalue weighted by Gasteiger charge is 2.19. The third-order valence-electron chi connectivity index (χ3n) is 4.20. The molecule has 24 heavy (non-hydrogen) atoms. The molecule has 2 aromatic rings. The van der Waals surface area contributed by atoms with Gasteiger partial charge < -0.3 is 15.4 Å². The number of carbonyl (C=O) groups is 1. The number of nitrogens with zero attached hydrogens (tertiary/aromatic N) is 2. The zero-order valence-electron chi connectivity index (χ0n) is 14.0. The summed E-state index contributed by atoms with van der Waals surface area (Å²) in [6, 6.07) is 8.30. The van der Waals surface area contributed by atoms with Crippen LogP contribution in [-0.2, 0) is 18.2 Å². The van der Waals surface area contributed by atoms with Gasteiger partial charge in [0.25, 0.3) is 0 Å². The maximum atomic E-state index is 11.8. The number of ether oxygens (including phenoxy) is 1. The molecule has 0 saturated heterocycles. The Hall–Kier alpha value is -2.34. The fourth-order valence-electron chi connectivity index (χ4n) is 3.04. The summed E-state index contributed by atoms with van der Waals surface area (Å²) in [5.41, 5.74) is 3.42. The predicted molar refractivity (Wildman–Crippen MR) is 92.9 cm³/mol. The molecule has 0 radical (unpaired) electrons. The molecule has 0 unspecified atom stereocenters. The number of anilines is 1. The topological polar surface area (TPSA) is 68.2 Å². The molecule has 6 nitrogen and oxygen atoms in total. The van der Waals surface area contributed by atoms with Crippen molar-refractivity contribution >= 4 is 11.7 Å². The van der Waals surface area contributed by atoms with Crippen LogP contribution in [0, 0.1) is 0 Å². The molecule has 0 fully saturated rings. The summed E-state index contributed by atoms with van der Waals surface area (Å²) in [6.07, 6.45) is 7.75. The lowest BCUT2D eigenvalue weighted by Crippen LogP contribution is -2.30. The normalized spacial score (nSPS) is 16.5. The van der Waals surface area contributed by atoms with Crippen molar-refractivity contribution < 1.29 is 9.53 Å². The molecule has 1 atom stereocenters. The Morgan fingerprint density at radius 1 is 1.42 bits per heavy atom. The van der Waals surface area contributed by atoms with Gasteiger partial charge in [0, 0.05) is 26.4 Å². The van der Waals surface area contributed by atoms with E-state index in [0.29, 0.717) is 18.8 Å². The van der Waals surface area contributed by atoms with Crippen molar-refractivity contribution in [2.24, 2.45) is 7.05 Å². The van der Waals surface area contributed by atoms with Crippen LogP contribution in [0.4, 0.5) is 10.5 Å². The van der Waals surface area contributed by atoms with Crippen LogP contribution in [0.1, 0.15) is 36.5 Å². The Kier molecular flexibility index (Phi) is 5.48. The number of urea groups is 1. The Labute approximate surface area is 142 Å². The highest BCUT2D eigenvalue weighted by atomic mass is 16.5. The minimum absolute atomic E-state index is 0.194. The molecule has 1 aromatic heterocycles. The maximum Gasteiger partial charge on any atom is 0.319 e. The molecule has 6 heteroatoms. The fourth-order valence-corrected chi connectivity index (χ4v) is 3.04. The molecule has 0 saturated carbocycles. The van der Waals surface area contributed by atoms with Gasteiger partial charge in [0.05, 0.1) is 18.0 Å². The summed E-state index contributed by atoms with van der Waals surface area (Å²) in [5, 5.41) is 9.58. The number of aryl methyl sites for hydroxylation is 2. The average molecular weight is 328 g/mol. The summed E-state index contributed by atoms with van der Waals surface area (Å²) in [4.78, 5) is 11.8. The Morgan fingerprint density at radius 2 is 2.29 bits per heavy atom. The third kappa shape index (κ3) is 4.35. The highest BCUT2D eigenvalue weighted by Crippen LogP contribution is 2.32. The van der Waals surface area contributed by atoms with Crippen molar-refractivity contribution in [3.8, 4) is 0 Å². The second kappa shape index (κ2) is 7.97. The van der Waals surface area contributed by atoms with E-state index >= 15 is 0 Å². The first-order valence-corrected chi connectivity index (χ1v) is 8.45. The van der Waals surface area contributed by atoms with E-state index < -0.39 is 0 Å². The Morgan fingerprint density at radius 3 is 3.12 bits per heavy atom. The molecule has 1 aromatic carbocycles. The highest BCUT2D eigenvalue weighted by molar-refractivity contribution is 5.88. The quantitative estimate of drug-likeness (QED) is 0.801. The summed E-state index contributed by atoms with van der Waals surface area (Å²) in [7, 11) is 1.81. The van der Waals surface area contributed by atoms with E-state index in [1.54, 1.807) is 17.1 Å². The van der Waals surface area contributed by atoms with Crippen molar-refractivity contribution in [2.75, 3.05) is 18.5 Å². The van der Waals surface area contributed by atoms with E-state index in [9.17, 15) is 4.79 Å². The summed E-state index contributed by atoms with van der Waals surface area (Å²) < 4.78 is 7.67. The first-order valence-electron chi connectivity index (χ1n) is 8.45. The smallest absolute Gasteiger partial charge is 0.319 e. The zero-order chi connectivity index (χ0) is 16.8. The molecule has 2 N–H and O–H groups in total. The lowest BCUT2D eigenvalue weighted by atomic mass is 9.89. The SMILES string of the molecule is Cn1cc(NC(=O)NCCCO[C@H]2CCCc3ccccc32)cn1. The first kappa shape index (κ1) is 16.5. The molecule has 0 aliphatic heterocycles. The summed E-state index contributed by atoms with van der Waals surface area (Å²) in [6.45, 7) is 1.23. The van der Waals surface area contributed by atoms with E-state index in [1.165, 1.54) is 17.5 Å². The Balaban J connectivity index is 1.35. The first-order chi connectivity index (χ1) is 11.7. The van der Waals surface area contributed by atoms with Gasteiger partial charge in [0.15, 0.2) is 0 Å². The van der Waals surface area contributed by atoms with Crippen LogP contribution in [0.2, 0.25) is 0 Å². The van der Waals surface area contributed by atoms with E-state index in [2.05, 4.69) is 40.0 Å². The molecule has 2 amide bonds. The number of hydrogen-bond acceptors (Lipinski definition) is 3. The standard InChI is InChI=1S/C18H24N4O2/c1-22-13-15(12-20-22)21-18(23)19-10-5-11-24-17-9-4-7-14-6-2-3-8-16(14)17/h2-3,6,8,12-13,17H,4-5,7,9-11H2,1H3,(H2,19,21,23)/t17-/m0/s1. The van der Waals surface area contributed by atoms with Crippen LogP contribution in [0.3, 0.4) is 0 Å². The van der Waals surface area contributed by atoms with E-state index in [0.717, 1.165) is 19.3 Å². The van der Waals surface area contributed by atoms with Crippen molar-refractivity contribution in [1.29, 1.82) is 0 Å². The number of rotatable bonds is 6. The summed E-state index contributed by atoms with van der Waals surface area (Å²) >= 11 is 0. The molecular weight excluding hydrogens is 304 g/mol. The largest absolute Gasteiger partial charge is 0.373 e. The van der Waals surface area contributed by atoms with Crippen molar-refractivity contribution in [1.82, 2.24) is 15.1 Å². The van der Waals surface area contributed by atoms with Gasteiger partial charge in [0.1, 0.15) is 0 Å².